The Bertz CT molecular complexity index is 686. The Morgan fingerprint density at radius 2 is 1.55 bits per heavy atom. The van der Waals surface area contributed by atoms with E-state index in [1.54, 1.807) is 36.4 Å². The van der Waals surface area contributed by atoms with Crippen LogP contribution >= 0.6 is 0 Å². The zero-order chi connectivity index (χ0) is 16.1. The van der Waals surface area contributed by atoms with E-state index >= 15 is 0 Å². The molecule has 6 heteroatoms. The molecule has 0 bridgehead atoms. The van der Waals surface area contributed by atoms with Gasteiger partial charge in [-0.1, -0.05) is 0 Å². The summed E-state index contributed by atoms with van der Waals surface area (Å²) in [6.07, 6.45) is 0. The number of methoxy groups -OCH3 is 3. The van der Waals surface area contributed by atoms with E-state index in [2.05, 4.69) is 5.32 Å². The first-order valence-electron chi connectivity index (χ1n) is 6.56. The molecule has 0 aliphatic rings. The highest BCUT2D eigenvalue weighted by Crippen LogP contribution is 2.30. The molecule has 2 rings (SSSR count). The summed E-state index contributed by atoms with van der Waals surface area (Å²) in [5, 5.41) is 2.77. The molecule has 6 nitrogen and oxygen atoms in total. The van der Waals surface area contributed by atoms with Gasteiger partial charge in [0.25, 0.3) is 5.91 Å². The fourth-order valence-electron chi connectivity index (χ4n) is 2.00. The highest BCUT2D eigenvalue weighted by Gasteiger charge is 2.13. The highest BCUT2D eigenvalue weighted by atomic mass is 16.5. The van der Waals surface area contributed by atoms with Crippen molar-refractivity contribution in [1.29, 1.82) is 0 Å². The predicted molar refractivity (Wildman–Crippen MR) is 84.9 cm³/mol. The molecule has 3 N–H and O–H groups in total. The quantitative estimate of drug-likeness (QED) is 0.829. The van der Waals surface area contributed by atoms with Gasteiger partial charge < -0.3 is 25.3 Å². The lowest BCUT2D eigenvalue weighted by Crippen LogP contribution is -2.13. The molecule has 0 aromatic heterocycles. The third-order valence-electron chi connectivity index (χ3n) is 3.12. The molecule has 0 unspecified atom stereocenters. The Kier molecular flexibility index (Phi) is 4.73. The third-order valence-corrected chi connectivity index (χ3v) is 3.12. The van der Waals surface area contributed by atoms with Gasteiger partial charge in [0.1, 0.15) is 5.75 Å². The minimum atomic E-state index is -0.301. The summed E-state index contributed by atoms with van der Waals surface area (Å²) in [5.41, 5.74) is 7.20. The summed E-state index contributed by atoms with van der Waals surface area (Å²) in [6, 6.07) is 9.95. The predicted octanol–water partition coefficient (Wildman–Crippen LogP) is 2.55. The molecule has 0 aliphatic carbocycles. The first-order chi connectivity index (χ1) is 10.6. The van der Waals surface area contributed by atoms with Gasteiger partial charge in [0, 0.05) is 11.3 Å². The van der Waals surface area contributed by atoms with E-state index in [-0.39, 0.29) is 5.91 Å². The number of anilines is 2. The van der Waals surface area contributed by atoms with Gasteiger partial charge in [0.05, 0.1) is 27.0 Å². The topological polar surface area (TPSA) is 82.8 Å². The van der Waals surface area contributed by atoms with Crippen LogP contribution in [0.5, 0.6) is 17.2 Å². The normalized spacial score (nSPS) is 9.95. The van der Waals surface area contributed by atoms with Gasteiger partial charge in [0.15, 0.2) is 11.5 Å². The minimum Gasteiger partial charge on any atom is -0.495 e. The maximum absolute atomic E-state index is 12.4. The lowest BCUT2D eigenvalue weighted by Gasteiger charge is -2.12. The first kappa shape index (κ1) is 15.5. The summed E-state index contributed by atoms with van der Waals surface area (Å²) < 4.78 is 15.5. The fourth-order valence-corrected chi connectivity index (χ4v) is 2.00. The van der Waals surface area contributed by atoms with Crippen molar-refractivity contribution in [3.8, 4) is 17.2 Å². The van der Waals surface area contributed by atoms with Crippen molar-refractivity contribution in [1.82, 2.24) is 0 Å². The Morgan fingerprint density at radius 3 is 2.18 bits per heavy atom. The van der Waals surface area contributed by atoms with Crippen molar-refractivity contribution in [3.63, 3.8) is 0 Å². The van der Waals surface area contributed by atoms with Gasteiger partial charge in [-0.15, -0.1) is 0 Å². The Balaban J connectivity index is 2.28. The smallest absolute Gasteiger partial charge is 0.255 e. The molecule has 0 spiro atoms. The van der Waals surface area contributed by atoms with Crippen LogP contribution in [0.2, 0.25) is 0 Å². The van der Waals surface area contributed by atoms with E-state index in [9.17, 15) is 4.79 Å². The first-order valence-corrected chi connectivity index (χ1v) is 6.56. The van der Waals surface area contributed by atoms with Gasteiger partial charge in [-0.25, -0.2) is 0 Å². The number of nitrogens with one attached hydrogen (secondary N) is 1. The second kappa shape index (κ2) is 6.71. The van der Waals surface area contributed by atoms with Gasteiger partial charge >= 0.3 is 0 Å². The molecule has 1 amide bonds. The van der Waals surface area contributed by atoms with Crippen LogP contribution in [0.15, 0.2) is 36.4 Å². The average molecular weight is 302 g/mol. The number of ether oxygens (including phenoxy) is 3. The van der Waals surface area contributed by atoms with E-state index < -0.39 is 0 Å². The maximum atomic E-state index is 12.4. The molecule has 0 radical (unpaired) electrons. The van der Waals surface area contributed by atoms with Crippen molar-refractivity contribution >= 4 is 17.3 Å². The van der Waals surface area contributed by atoms with Gasteiger partial charge in [-0.2, -0.15) is 0 Å². The number of hydrogen-bond donors (Lipinski definition) is 2. The van der Waals surface area contributed by atoms with E-state index in [1.165, 1.54) is 21.3 Å². The highest BCUT2D eigenvalue weighted by molar-refractivity contribution is 6.05. The third kappa shape index (κ3) is 3.22. The molecule has 0 saturated carbocycles. The maximum Gasteiger partial charge on any atom is 0.255 e. The lowest BCUT2D eigenvalue weighted by molar-refractivity contribution is 0.102. The van der Waals surface area contributed by atoms with Crippen LogP contribution in [0.3, 0.4) is 0 Å². The zero-order valence-electron chi connectivity index (χ0n) is 12.7. The van der Waals surface area contributed by atoms with Crippen LogP contribution in [-0.2, 0) is 0 Å². The van der Waals surface area contributed by atoms with Crippen LogP contribution in [0, 0.1) is 0 Å². The van der Waals surface area contributed by atoms with E-state index in [1.807, 2.05) is 0 Å². The Morgan fingerprint density at radius 1 is 0.909 bits per heavy atom. The van der Waals surface area contributed by atoms with Crippen LogP contribution in [0.4, 0.5) is 11.4 Å². The Hall–Kier alpha value is -2.89. The van der Waals surface area contributed by atoms with Gasteiger partial charge in [-0.3, -0.25) is 4.79 Å². The van der Waals surface area contributed by atoms with Gasteiger partial charge in [-0.05, 0) is 36.4 Å². The van der Waals surface area contributed by atoms with E-state index in [0.29, 0.717) is 34.2 Å². The SMILES string of the molecule is COc1ccc(N)cc1NC(=O)c1ccc(OC)c(OC)c1. The van der Waals surface area contributed by atoms with Crippen molar-refractivity contribution in [2.75, 3.05) is 32.4 Å². The van der Waals surface area contributed by atoms with Crippen molar-refractivity contribution < 1.29 is 19.0 Å². The second-order valence-corrected chi connectivity index (χ2v) is 4.48. The van der Waals surface area contributed by atoms with Gasteiger partial charge in [0.2, 0.25) is 0 Å². The molecule has 0 aliphatic heterocycles. The summed E-state index contributed by atoms with van der Waals surface area (Å²) >= 11 is 0. The molecule has 2 aromatic rings. The number of carbonyl (C=O) groups is 1. The number of carbonyl (C=O) groups excluding carboxylic acids is 1. The number of nitrogens with two attached hydrogens (primary N) is 1. The van der Waals surface area contributed by atoms with Crippen LogP contribution < -0.4 is 25.3 Å². The van der Waals surface area contributed by atoms with Crippen molar-refractivity contribution in [3.05, 3.63) is 42.0 Å². The fraction of sp³-hybridized carbons (Fsp3) is 0.188. The van der Waals surface area contributed by atoms with Crippen LogP contribution in [-0.4, -0.2) is 27.2 Å². The van der Waals surface area contributed by atoms with Crippen molar-refractivity contribution in [2.45, 2.75) is 0 Å². The molecule has 2 aromatic carbocycles. The summed E-state index contributed by atoms with van der Waals surface area (Å²) in [6.45, 7) is 0. The molecular formula is C16H18N2O4. The summed E-state index contributed by atoms with van der Waals surface area (Å²) in [7, 11) is 4.58. The lowest BCUT2D eigenvalue weighted by atomic mass is 10.1. The molecule has 0 atom stereocenters. The molecule has 0 fully saturated rings. The van der Waals surface area contributed by atoms with Crippen LogP contribution in [0.25, 0.3) is 0 Å². The van der Waals surface area contributed by atoms with E-state index in [4.69, 9.17) is 19.9 Å². The average Bonchev–Trinajstić information content (AvgIpc) is 2.54. The van der Waals surface area contributed by atoms with Crippen LogP contribution in [0.1, 0.15) is 10.4 Å². The number of hydrogen-bond acceptors (Lipinski definition) is 5. The molecule has 0 saturated heterocycles. The number of rotatable bonds is 5. The van der Waals surface area contributed by atoms with Crippen molar-refractivity contribution in [2.24, 2.45) is 0 Å². The zero-order valence-corrected chi connectivity index (χ0v) is 12.7. The molecule has 22 heavy (non-hydrogen) atoms. The summed E-state index contributed by atoms with van der Waals surface area (Å²) in [4.78, 5) is 12.4. The number of amides is 1. The Labute approximate surface area is 128 Å². The standard InChI is InChI=1S/C16H18N2O4/c1-20-13-7-5-11(17)9-12(13)18-16(19)10-4-6-14(21-2)15(8-10)22-3/h4-9H,17H2,1-3H3,(H,18,19). The molecule has 116 valence electrons. The number of benzene rings is 2. The van der Waals surface area contributed by atoms with E-state index in [0.717, 1.165) is 0 Å². The number of nitrogen functional groups attached to an aromatic ring is 1. The second-order valence-electron chi connectivity index (χ2n) is 4.48. The largest absolute Gasteiger partial charge is 0.495 e. The molecule has 0 heterocycles. The molecular weight excluding hydrogens is 284 g/mol. The monoisotopic (exact) mass is 302 g/mol. The summed E-state index contributed by atoms with van der Waals surface area (Å²) in [5.74, 6) is 1.27. The minimum absolute atomic E-state index is 0.301.